The number of rotatable bonds is 66. The molecule has 0 saturated carbocycles. The number of allylic oxidation sites excluding steroid dienone is 4. The summed E-state index contributed by atoms with van der Waals surface area (Å²) in [5, 5.41) is 23.4. The van der Waals surface area contributed by atoms with Crippen LogP contribution in [-0.4, -0.2) is 47.4 Å². The van der Waals surface area contributed by atoms with Gasteiger partial charge in [-0.05, 0) is 57.8 Å². The molecule has 2 unspecified atom stereocenters. The van der Waals surface area contributed by atoms with Gasteiger partial charge in [-0.1, -0.05) is 346 Å². The van der Waals surface area contributed by atoms with E-state index in [9.17, 15) is 19.8 Å². The van der Waals surface area contributed by atoms with E-state index in [2.05, 4.69) is 43.5 Å². The fourth-order valence-corrected chi connectivity index (χ4v) is 11.1. The molecule has 456 valence electrons. The molecule has 0 aliphatic heterocycles. The highest BCUT2D eigenvalue weighted by molar-refractivity contribution is 5.76. The molecule has 6 nitrogen and oxygen atoms in total. The minimum Gasteiger partial charge on any atom is -0.466 e. The lowest BCUT2D eigenvalue weighted by Gasteiger charge is -2.22. The summed E-state index contributed by atoms with van der Waals surface area (Å²) in [6.07, 6.45) is 83.6. The van der Waals surface area contributed by atoms with Gasteiger partial charge in [0.25, 0.3) is 0 Å². The second kappa shape index (κ2) is 66.8. The zero-order valence-corrected chi connectivity index (χ0v) is 52.2. The third-order valence-electron chi connectivity index (χ3n) is 16.5. The van der Waals surface area contributed by atoms with Crippen molar-refractivity contribution in [2.24, 2.45) is 0 Å². The Bertz CT molecular complexity index is 1200. The first-order valence-electron chi connectivity index (χ1n) is 35.1. The van der Waals surface area contributed by atoms with Crippen molar-refractivity contribution in [3.8, 4) is 0 Å². The van der Waals surface area contributed by atoms with Crippen LogP contribution < -0.4 is 5.32 Å². The molecule has 0 saturated heterocycles. The van der Waals surface area contributed by atoms with Crippen LogP contribution in [0.5, 0.6) is 0 Å². The van der Waals surface area contributed by atoms with E-state index in [0.717, 1.165) is 44.9 Å². The highest BCUT2D eigenvalue weighted by Gasteiger charge is 2.20. The number of hydrogen-bond acceptors (Lipinski definition) is 5. The largest absolute Gasteiger partial charge is 0.466 e. The summed E-state index contributed by atoms with van der Waals surface area (Å²) < 4.78 is 5.50. The maximum atomic E-state index is 12.5. The van der Waals surface area contributed by atoms with Crippen molar-refractivity contribution in [1.29, 1.82) is 0 Å². The topological polar surface area (TPSA) is 95.9 Å². The molecule has 0 aliphatic carbocycles. The molecule has 0 heterocycles. The smallest absolute Gasteiger partial charge is 0.305 e. The molecule has 3 N–H and O–H groups in total. The molecule has 6 heteroatoms. The van der Waals surface area contributed by atoms with Gasteiger partial charge >= 0.3 is 5.97 Å². The van der Waals surface area contributed by atoms with Gasteiger partial charge in [0, 0.05) is 12.8 Å². The molecule has 0 rings (SSSR count). The lowest BCUT2D eigenvalue weighted by atomic mass is 10.0. The lowest BCUT2D eigenvalue weighted by Crippen LogP contribution is -2.45. The maximum absolute atomic E-state index is 12.5. The number of nitrogens with one attached hydrogen (secondary N) is 1. The first kappa shape index (κ1) is 75.3. The molecule has 1 amide bonds. The van der Waals surface area contributed by atoms with Crippen molar-refractivity contribution in [1.82, 2.24) is 5.32 Å². The fourth-order valence-electron chi connectivity index (χ4n) is 11.1. The van der Waals surface area contributed by atoms with Gasteiger partial charge in [0.05, 0.1) is 25.4 Å². The number of carbonyl (C=O) groups is 2. The van der Waals surface area contributed by atoms with E-state index in [4.69, 9.17) is 4.74 Å². The zero-order chi connectivity index (χ0) is 55.7. The fraction of sp³-hybridized carbons (Fsp3) is 0.915. The number of amides is 1. The quantitative estimate of drug-likeness (QED) is 0.0320. The average molecular weight is 1080 g/mol. The zero-order valence-electron chi connectivity index (χ0n) is 52.2. The molecule has 0 fully saturated rings. The van der Waals surface area contributed by atoms with Gasteiger partial charge in [0.1, 0.15) is 0 Å². The van der Waals surface area contributed by atoms with Crippen LogP contribution in [0.15, 0.2) is 24.3 Å². The Morgan fingerprint density at radius 3 is 0.987 bits per heavy atom. The summed E-state index contributed by atoms with van der Waals surface area (Å²) in [5.74, 6) is -0.0298. The van der Waals surface area contributed by atoms with Crippen LogP contribution in [0, 0.1) is 0 Å². The monoisotopic (exact) mass is 1080 g/mol. The van der Waals surface area contributed by atoms with Gasteiger partial charge in [-0.3, -0.25) is 9.59 Å². The van der Waals surface area contributed by atoms with Crippen LogP contribution in [0.3, 0.4) is 0 Å². The Morgan fingerprint density at radius 2 is 0.649 bits per heavy atom. The van der Waals surface area contributed by atoms with Crippen LogP contribution >= 0.6 is 0 Å². The molecule has 0 aliphatic rings. The Kier molecular flexibility index (Phi) is 65.4. The third kappa shape index (κ3) is 63.4. The first-order valence-corrected chi connectivity index (χ1v) is 35.1. The van der Waals surface area contributed by atoms with Gasteiger partial charge in [0.15, 0.2) is 0 Å². The highest BCUT2D eigenvalue weighted by atomic mass is 16.5. The SMILES string of the molecule is CCCCCCCCCCCCCCCCCCCCCCCC(O)C(CO)NC(=O)CCCCCCCCC/C=C\C/C=C\CCCCCCCCCCCOC(=O)CCCCCCCCCCCCCCCCCC. The van der Waals surface area contributed by atoms with E-state index in [1.165, 1.54) is 315 Å². The van der Waals surface area contributed by atoms with Crippen LogP contribution in [0.2, 0.25) is 0 Å². The number of aliphatic hydroxyl groups is 2. The van der Waals surface area contributed by atoms with Crippen LogP contribution in [-0.2, 0) is 14.3 Å². The summed E-state index contributed by atoms with van der Waals surface area (Å²) in [6, 6.07) is -0.550. The molecule has 0 bridgehead atoms. The number of hydrogen-bond donors (Lipinski definition) is 3. The third-order valence-corrected chi connectivity index (χ3v) is 16.5. The Labute approximate surface area is 481 Å². The van der Waals surface area contributed by atoms with E-state index in [1.807, 2.05) is 0 Å². The second-order valence-corrected chi connectivity index (χ2v) is 24.2. The van der Waals surface area contributed by atoms with Crippen molar-refractivity contribution >= 4 is 11.9 Å². The van der Waals surface area contributed by atoms with Gasteiger partial charge in [-0.15, -0.1) is 0 Å². The van der Waals surface area contributed by atoms with Gasteiger partial charge in [-0.25, -0.2) is 0 Å². The Hall–Kier alpha value is -1.66. The summed E-state index contributed by atoms with van der Waals surface area (Å²) in [6.45, 7) is 4.99. The molecule has 0 aromatic rings. The molecule has 2 atom stereocenters. The average Bonchev–Trinajstić information content (AvgIpc) is 3.43. The lowest BCUT2D eigenvalue weighted by molar-refractivity contribution is -0.143. The van der Waals surface area contributed by atoms with E-state index in [0.29, 0.717) is 25.9 Å². The minimum absolute atomic E-state index is 0.0114. The molecule has 0 spiro atoms. The Balaban J connectivity index is 3.43. The number of aliphatic hydroxyl groups excluding tert-OH is 2. The summed E-state index contributed by atoms with van der Waals surface area (Å²) >= 11 is 0. The van der Waals surface area contributed by atoms with Crippen molar-refractivity contribution in [3.63, 3.8) is 0 Å². The van der Waals surface area contributed by atoms with Crippen molar-refractivity contribution < 1.29 is 24.5 Å². The number of unbranched alkanes of at least 4 members (excludes halogenated alkanes) is 51. The molecule has 77 heavy (non-hydrogen) atoms. The van der Waals surface area contributed by atoms with Gasteiger partial charge in [-0.2, -0.15) is 0 Å². The van der Waals surface area contributed by atoms with Crippen molar-refractivity contribution in [3.05, 3.63) is 24.3 Å². The van der Waals surface area contributed by atoms with Gasteiger partial charge < -0.3 is 20.3 Å². The summed E-state index contributed by atoms with van der Waals surface area (Å²) in [7, 11) is 0. The summed E-state index contributed by atoms with van der Waals surface area (Å²) in [4.78, 5) is 24.6. The predicted molar refractivity (Wildman–Crippen MR) is 338 cm³/mol. The number of ether oxygens (including phenoxy) is 1. The second-order valence-electron chi connectivity index (χ2n) is 24.2. The number of esters is 1. The molecular weight excluding hydrogens is 947 g/mol. The van der Waals surface area contributed by atoms with Crippen molar-refractivity contribution in [2.75, 3.05) is 13.2 Å². The Morgan fingerprint density at radius 1 is 0.364 bits per heavy atom. The van der Waals surface area contributed by atoms with E-state index in [1.54, 1.807) is 0 Å². The van der Waals surface area contributed by atoms with E-state index < -0.39 is 12.1 Å². The molecular formula is C71H137NO5. The highest BCUT2D eigenvalue weighted by Crippen LogP contribution is 2.19. The number of carbonyl (C=O) groups excluding carboxylic acids is 2. The van der Waals surface area contributed by atoms with Crippen LogP contribution in [0.4, 0.5) is 0 Å². The minimum atomic E-state index is -0.672. The van der Waals surface area contributed by atoms with E-state index in [-0.39, 0.29) is 18.5 Å². The molecule has 0 aromatic carbocycles. The first-order chi connectivity index (χ1) is 38.0. The van der Waals surface area contributed by atoms with Gasteiger partial charge in [0.2, 0.25) is 5.91 Å². The maximum Gasteiger partial charge on any atom is 0.305 e. The normalized spacial score (nSPS) is 12.6. The van der Waals surface area contributed by atoms with Crippen molar-refractivity contribution in [2.45, 2.75) is 405 Å². The van der Waals surface area contributed by atoms with Crippen LogP contribution in [0.1, 0.15) is 393 Å². The predicted octanol–water partition coefficient (Wildman–Crippen LogP) is 22.5. The summed E-state index contributed by atoms with van der Waals surface area (Å²) in [5.41, 5.74) is 0. The van der Waals surface area contributed by atoms with E-state index >= 15 is 0 Å². The molecule has 0 aromatic heterocycles. The molecule has 0 radical (unpaired) electrons. The standard InChI is InChI=1S/C71H137NO5/c1-3-5-7-9-11-13-15-17-19-21-22-26-29-32-35-39-43-47-51-55-59-63-69(74)68(67-73)72-70(75)64-60-56-52-48-44-40-36-33-30-27-24-23-25-28-31-34-38-42-46-50-54-58-62-66-77-71(76)65-61-57-53-49-45-41-37-20-18-16-14-12-10-8-6-4-2/h23,25,27,30,68-69,73-74H,3-22,24,26,28-29,31-67H2,1-2H3,(H,72,75)/b25-23-,30-27-. The van der Waals surface area contributed by atoms with Crippen LogP contribution in [0.25, 0.3) is 0 Å².